The average molecular weight is 229 g/mol. The summed E-state index contributed by atoms with van der Waals surface area (Å²) in [6, 6.07) is 2.93. The van der Waals surface area contributed by atoms with Crippen LogP contribution in [-0.4, -0.2) is 13.3 Å². The molecule has 0 saturated carbocycles. The Bertz CT molecular complexity index is 402. The minimum absolute atomic E-state index is 0.0396. The summed E-state index contributed by atoms with van der Waals surface area (Å²) >= 11 is 0. The Morgan fingerprint density at radius 1 is 1.31 bits per heavy atom. The van der Waals surface area contributed by atoms with Crippen LogP contribution in [0.25, 0.3) is 0 Å². The van der Waals surface area contributed by atoms with Crippen molar-refractivity contribution in [1.29, 1.82) is 0 Å². The lowest BCUT2D eigenvalue weighted by atomic mass is 9.99. The van der Waals surface area contributed by atoms with Gasteiger partial charge in [-0.2, -0.15) is 0 Å². The molecule has 1 aromatic rings. The molecule has 2 rings (SSSR count). The van der Waals surface area contributed by atoms with Gasteiger partial charge in [0.15, 0.2) is 11.5 Å². The zero-order valence-corrected chi connectivity index (χ0v) is 8.93. The van der Waals surface area contributed by atoms with Gasteiger partial charge in [-0.05, 0) is 30.7 Å². The second-order valence-electron chi connectivity index (χ2n) is 3.79. The molecule has 3 nitrogen and oxygen atoms in total. The Kier molecular flexibility index (Phi) is 2.71. The smallest absolute Gasteiger partial charge is 0.270 e. The number of nitrogens with two attached hydrogens (primary N) is 1. The summed E-state index contributed by atoms with van der Waals surface area (Å²) in [5.74, 6) is -2.01. The fraction of sp³-hybridized carbons (Fsp3) is 0.455. The molecule has 2 N–H and O–H groups in total. The molecule has 0 bridgehead atoms. The highest BCUT2D eigenvalue weighted by atomic mass is 19.3. The second-order valence-corrected chi connectivity index (χ2v) is 3.79. The van der Waals surface area contributed by atoms with Crippen LogP contribution in [0, 0.1) is 0 Å². The van der Waals surface area contributed by atoms with Crippen LogP contribution in [0.3, 0.4) is 0 Å². The van der Waals surface area contributed by atoms with Crippen molar-refractivity contribution in [3.63, 3.8) is 0 Å². The van der Waals surface area contributed by atoms with Crippen LogP contribution >= 0.6 is 0 Å². The molecule has 0 unspecified atom stereocenters. The first-order valence-corrected chi connectivity index (χ1v) is 5.03. The predicted molar refractivity (Wildman–Crippen MR) is 54.9 cm³/mol. The minimum atomic E-state index is -2.90. The standard InChI is InChI=1S/C11H13F2NO2/c1-11(12,13)8-5-10-9(15-6-16-10)4-7(8)2-3-14/h4-5H,2-3,6,14H2,1H3. The second kappa shape index (κ2) is 3.90. The molecule has 1 aromatic carbocycles. The van der Waals surface area contributed by atoms with E-state index in [-0.39, 0.29) is 12.4 Å². The van der Waals surface area contributed by atoms with Crippen molar-refractivity contribution in [2.24, 2.45) is 5.73 Å². The van der Waals surface area contributed by atoms with Crippen molar-refractivity contribution in [3.8, 4) is 11.5 Å². The molecule has 1 heterocycles. The molecule has 16 heavy (non-hydrogen) atoms. The van der Waals surface area contributed by atoms with Gasteiger partial charge in [0.2, 0.25) is 6.79 Å². The van der Waals surface area contributed by atoms with Crippen molar-refractivity contribution in [1.82, 2.24) is 0 Å². The molecule has 0 aromatic heterocycles. The maximum Gasteiger partial charge on any atom is 0.270 e. The number of hydrogen-bond acceptors (Lipinski definition) is 3. The highest BCUT2D eigenvalue weighted by Gasteiger charge is 2.30. The monoisotopic (exact) mass is 229 g/mol. The lowest BCUT2D eigenvalue weighted by Crippen LogP contribution is -2.13. The summed E-state index contributed by atoms with van der Waals surface area (Å²) in [6.45, 7) is 1.27. The molecule has 0 spiro atoms. The minimum Gasteiger partial charge on any atom is -0.454 e. The van der Waals surface area contributed by atoms with E-state index in [1.807, 2.05) is 0 Å². The highest BCUT2D eigenvalue weighted by Crippen LogP contribution is 2.40. The number of benzene rings is 1. The number of hydrogen-bond donors (Lipinski definition) is 1. The topological polar surface area (TPSA) is 44.5 Å². The van der Waals surface area contributed by atoms with Crippen LogP contribution in [0.4, 0.5) is 8.78 Å². The van der Waals surface area contributed by atoms with E-state index >= 15 is 0 Å². The van der Waals surface area contributed by atoms with Crippen LogP contribution in [-0.2, 0) is 12.3 Å². The first-order chi connectivity index (χ1) is 7.52. The van der Waals surface area contributed by atoms with Crippen LogP contribution < -0.4 is 15.2 Å². The van der Waals surface area contributed by atoms with E-state index in [0.29, 0.717) is 30.0 Å². The number of fused-ring (bicyclic) bond motifs is 1. The zero-order valence-electron chi connectivity index (χ0n) is 8.93. The van der Waals surface area contributed by atoms with E-state index in [0.717, 1.165) is 6.92 Å². The largest absolute Gasteiger partial charge is 0.454 e. The molecule has 0 saturated heterocycles. The van der Waals surface area contributed by atoms with Gasteiger partial charge in [0, 0.05) is 12.5 Å². The van der Waals surface area contributed by atoms with Gasteiger partial charge >= 0.3 is 0 Å². The summed E-state index contributed by atoms with van der Waals surface area (Å²) in [7, 11) is 0. The summed E-state index contributed by atoms with van der Waals surface area (Å²) in [4.78, 5) is 0. The van der Waals surface area contributed by atoms with E-state index in [1.54, 1.807) is 6.07 Å². The molecular weight excluding hydrogens is 216 g/mol. The molecule has 0 atom stereocenters. The van der Waals surface area contributed by atoms with Gasteiger partial charge < -0.3 is 15.2 Å². The van der Waals surface area contributed by atoms with E-state index in [9.17, 15) is 8.78 Å². The van der Waals surface area contributed by atoms with Crippen molar-refractivity contribution in [2.75, 3.05) is 13.3 Å². The molecule has 0 fully saturated rings. The SMILES string of the molecule is CC(F)(F)c1cc2c(cc1CCN)OCO2. The molecule has 5 heteroatoms. The van der Waals surface area contributed by atoms with Crippen LogP contribution in [0.1, 0.15) is 18.1 Å². The number of rotatable bonds is 3. The third-order valence-electron chi connectivity index (χ3n) is 2.49. The highest BCUT2D eigenvalue weighted by molar-refractivity contribution is 5.50. The Morgan fingerprint density at radius 2 is 1.94 bits per heavy atom. The van der Waals surface area contributed by atoms with Gasteiger partial charge in [-0.15, -0.1) is 0 Å². The number of alkyl halides is 2. The van der Waals surface area contributed by atoms with E-state index in [2.05, 4.69) is 0 Å². The molecular formula is C11H13F2NO2. The van der Waals surface area contributed by atoms with Gasteiger partial charge in [0.05, 0.1) is 0 Å². The lowest BCUT2D eigenvalue weighted by molar-refractivity contribution is 0.0164. The Balaban J connectivity index is 2.49. The Labute approximate surface area is 92.1 Å². The summed E-state index contributed by atoms with van der Waals surface area (Å²) in [6.07, 6.45) is 0.398. The number of halogens is 2. The van der Waals surface area contributed by atoms with E-state index in [1.165, 1.54) is 6.07 Å². The fourth-order valence-corrected chi connectivity index (χ4v) is 1.76. The maximum atomic E-state index is 13.4. The van der Waals surface area contributed by atoms with E-state index < -0.39 is 5.92 Å². The number of ether oxygens (including phenoxy) is 2. The Hall–Kier alpha value is -1.36. The molecule has 0 amide bonds. The predicted octanol–water partition coefficient (Wildman–Crippen LogP) is 2.03. The van der Waals surface area contributed by atoms with E-state index in [4.69, 9.17) is 15.2 Å². The summed E-state index contributed by atoms with van der Waals surface area (Å²) in [5, 5.41) is 0. The van der Waals surface area contributed by atoms with Crippen LogP contribution in [0.15, 0.2) is 12.1 Å². The van der Waals surface area contributed by atoms with Gasteiger partial charge in [0.1, 0.15) is 0 Å². The normalized spacial score (nSPS) is 14.2. The Morgan fingerprint density at radius 3 is 2.50 bits per heavy atom. The quantitative estimate of drug-likeness (QED) is 0.862. The molecule has 1 aliphatic rings. The molecule has 1 aliphatic heterocycles. The van der Waals surface area contributed by atoms with Crippen molar-refractivity contribution in [2.45, 2.75) is 19.3 Å². The first-order valence-electron chi connectivity index (χ1n) is 5.03. The fourth-order valence-electron chi connectivity index (χ4n) is 1.76. The average Bonchev–Trinajstić information content (AvgIpc) is 2.62. The van der Waals surface area contributed by atoms with Gasteiger partial charge in [0.25, 0.3) is 5.92 Å². The third-order valence-corrected chi connectivity index (χ3v) is 2.49. The first kappa shape index (κ1) is 11.1. The van der Waals surface area contributed by atoms with Crippen LogP contribution in [0.5, 0.6) is 11.5 Å². The zero-order chi connectivity index (χ0) is 11.8. The van der Waals surface area contributed by atoms with Crippen LogP contribution in [0.2, 0.25) is 0 Å². The van der Waals surface area contributed by atoms with Crippen molar-refractivity contribution >= 4 is 0 Å². The molecule has 88 valence electrons. The van der Waals surface area contributed by atoms with Crippen molar-refractivity contribution < 1.29 is 18.3 Å². The summed E-state index contributed by atoms with van der Waals surface area (Å²) in [5.41, 5.74) is 5.87. The van der Waals surface area contributed by atoms with Gasteiger partial charge in [-0.25, -0.2) is 8.78 Å². The van der Waals surface area contributed by atoms with Gasteiger partial charge in [-0.1, -0.05) is 0 Å². The lowest BCUT2D eigenvalue weighted by Gasteiger charge is -2.16. The molecule has 0 radical (unpaired) electrons. The van der Waals surface area contributed by atoms with Gasteiger partial charge in [-0.3, -0.25) is 0 Å². The third kappa shape index (κ3) is 1.95. The molecule has 0 aliphatic carbocycles. The summed E-state index contributed by atoms with van der Waals surface area (Å²) < 4.78 is 37.0. The maximum absolute atomic E-state index is 13.4. The van der Waals surface area contributed by atoms with Crippen molar-refractivity contribution in [3.05, 3.63) is 23.3 Å².